The highest BCUT2D eigenvalue weighted by molar-refractivity contribution is 5.66. The fourth-order valence-corrected chi connectivity index (χ4v) is 0.491. The lowest BCUT2D eigenvalue weighted by Crippen LogP contribution is -2.25. The summed E-state index contributed by atoms with van der Waals surface area (Å²) in [5, 5.41) is 2.49. The van der Waals surface area contributed by atoms with Gasteiger partial charge in [-0.1, -0.05) is 0 Å². The maximum Gasteiger partial charge on any atom is 0.407 e. The smallest absolute Gasteiger partial charge is 0.407 e. The second-order valence-electron chi connectivity index (χ2n) is 1.78. The SMILES string of the molecule is [CH2]COCCOC(=O)NCC. The number of nitrogens with one attached hydrogen (secondary N) is 1. The Balaban J connectivity index is 3.04. The predicted octanol–water partition coefficient (Wildman–Crippen LogP) is 0.583. The molecule has 0 aliphatic heterocycles. The van der Waals surface area contributed by atoms with Crippen LogP contribution in [0.2, 0.25) is 0 Å². The summed E-state index contributed by atoms with van der Waals surface area (Å²) in [7, 11) is 0. The van der Waals surface area contributed by atoms with Gasteiger partial charge in [0.25, 0.3) is 0 Å². The molecule has 0 atom stereocenters. The minimum atomic E-state index is -0.403. The summed E-state index contributed by atoms with van der Waals surface area (Å²) in [6.45, 7) is 6.95. The molecular formula is C7H14NO3. The van der Waals surface area contributed by atoms with E-state index in [0.29, 0.717) is 19.8 Å². The molecule has 11 heavy (non-hydrogen) atoms. The van der Waals surface area contributed by atoms with E-state index < -0.39 is 6.09 Å². The van der Waals surface area contributed by atoms with Gasteiger partial charge in [0.2, 0.25) is 0 Å². The highest BCUT2D eigenvalue weighted by Gasteiger charge is 1.96. The number of rotatable bonds is 5. The van der Waals surface area contributed by atoms with Crippen molar-refractivity contribution in [1.29, 1.82) is 0 Å². The van der Waals surface area contributed by atoms with Crippen LogP contribution in [0, 0.1) is 6.92 Å². The summed E-state index contributed by atoms with van der Waals surface area (Å²) < 4.78 is 9.53. The van der Waals surface area contributed by atoms with Crippen LogP contribution in [-0.4, -0.2) is 32.5 Å². The minimum absolute atomic E-state index is 0.279. The molecule has 1 amide bonds. The molecule has 0 aliphatic rings. The lowest BCUT2D eigenvalue weighted by atomic mass is 10.7. The molecule has 65 valence electrons. The van der Waals surface area contributed by atoms with Crippen molar-refractivity contribution in [3.05, 3.63) is 6.92 Å². The van der Waals surface area contributed by atoms with Crippen LogP contribution in [0.4, 0.5) is 4.79 Å². The van der Waals surface area contributed by atoms with E-state index in [4.69, 9.17) is 4.74 Å². The summed E-state index contributed by atoms with van der Waals surface area (Å²) >= 11 is 0. The molecule has 0 aliphatic carbocycles. The van der Waals surface area contributed by atoms with Crippen LogP contribution in [0.5, 0.6) is 0 Å². The zero-order valence-electron chi connectivity index (χ0n) is 6.76. The van der Waals surface area contributed by atoms with Gasteiger partial charge in [0.15, 0.2) is 0 Å². The Hall–Kier alpha value is -0.770. The van der Waals surface area contributed by atoms with Crippen LogP contribution < -0.4 is 5.32 Å². The molecule has 0 bridgehead atoms. The van der Waals surface area contributed by atoms with E-state index in [0.717, 1.165) is 0 Å². The van der Waals surface area contributed by atoms with Crippen molar-refractivity contribution in [3.63, 3.8) is 0 Å². The maximum atomic E-state index is 10.6. The van der Waals surface area contributed by atoms with Gasteiger partial charge in [-0.2, -0.15) is 0 Å². The van der Waals surface area contributed by atoms with Crippen LogP contribution >= 0.6 is 0 Å². The first kappa shape index (κ1) is 10.2. The van der Waals surface area contributed by atoms with Crippen LogP contribution in [-0.2, 0) is 9.47 Å². The largest absolute Gasteiger partial charge is 0.447 e. The fourth-order valence-electron chi connectivity index (χ4n) is 0.491. The molecule has 0 heterocycles. The number of alkyl carbamates (subject to hydrolysis) is 1. The van der Waals surface area contributed by atoms with Gasteiger partial charge in [-0.15, -0.1) is 0 Å². The number of amides is 1. The van der Waals surface area contributed by atoms with Gasteiger partial charge in [-0.3, -0.25) is 0 Å². The molecule has 0 spiro atoms. The third kappa shape index (κ3) is 7.12. The first-order valence-electron chi connectivity index (χ1n) is 3.58. The van der Waals surface area contributed by atoms with Crippen molar-refractivity contribution in [1.82, 2.24) is 5.32 Å². The monoisotopic (exact) mass is 160 g/mol. The first-order chi connectivity index (χ1) is 5.31. The molecule has 0 saturated carbocycles. The van der Waals surface area contributed by atoms with E-state index in [1.54, 1.807) is 0 Å². The highest BCUT2D eigenvalue weighted by Crippen LogP contribution is 1.78. The predicted molar refractivity (Wildman–Crippen MR) is 41.2 cm³/mol. The Labute approximate surface area is 66.9 Å². The van der Waals surface area contributed by atoms with Crippen molar-refractivity contribution in [3.8, 4) is 0 Å². The summed E-state index contributed by atoms with van der Waals surface area (Å²) in [5.74, 6) is 0. The van der Waals surface area contributed by atoms with Crippen molar-refractivity contribution in [2.24, 2.45) is 0 Å². The first-order valence-corrected chi connectivity index (χ1v) is 3.58. The normalized spacial score (nSPS) is 9.27. The quantitative estimate of drug-likeness (QED) is 0.598. The Bertz CT molecular complexity index is 106. The Morgan fingerprint density at radius 3 is 2.82 bits per heavy atom. The number of hydrogen-bond donors (Lipinski definition) is 1. The molecule has 1 N–H and O–H groups in total. The average molecular weight is 160 g/mol. The molecule has 0 saturated heterocycles. The second-order valence-corrected chi connectivity index (χ2v) is 1.78. The molecule has 4 heteroatoms. The average Bonchev–Trinajstić information content (AvgIpc) is 1.99. The Morgan fingerprint density at radius 1 is 1.55 bits per heavy atom. The van der Waals surface area contributed by atoms with E-state index in [2.05, 4.69) is 17.0 Å². The molecule has 4 nitrogen and oxygen atoms in total. The Morgan fingerprint density at radius 2 is 2.27 bits per heavy atom. The second kappa shape index (κ2) is 7.34. The zero-order valence-corrected chi connectivity index (χ0v) is 6.76. The summed E-state index contributed by atoms with van der Waals surface area (Å²) in [5.41, 5.74) is 0. The van der Waals surface area contributed by atoms with Crippen LogP contribution in [0.15, 0.2) is 0 Å². The maximum absolute atomic E-state index is 10.6. The Kier molecular flexibility index (Phi) is 6.82. The van der Waals surface area contributed by atoms with Gasteiger partial charge in [0.05, 0.1) is 6.61 Å². The zero-order chi connectivity index (χ0) is 8.53. The summed E-state index contributed by atoms with van der Waals surface area (Å²) in [6.07, 6.45) is -0.403. The van der Waals surface area contributed by atoms with Crippen molar-refractivity contribution in [2.75, 3.05) is 26.4 Å². The van der Waals surface area contributed by atoms with Gasteiger partial charge < -0.3 is 14.8 Å². The van der Waals surface area contributed by atoms with E-state index in [1.807, 2.05) is 6.92 Å². The fraction of sp³-hybridized carbons (Fsp3) is 0.714. The summed E-state index contributed by atoms with van der Waals surface area (Å²) in [6, 6.07) is 0. The van der Waals surface area contributed by atoms with E-state index >= 15 is 0 Å². The number of hydrogen-bond acceptors (Lipinski definition) is 3. The molecule has 0 aromatic carbocycles. The minimum Gasteiger partial charge on any atom is -0.447 e. The third-order valence-electron chi connectivity index (χ3n) is 0.926. The van der Waals surface area contributed by atoms with Crippen molar-refractivity contribution < 1.29 is 14.3 Å². The van der Waals surface area contributed by atoms with E-state index in [-0.39, 0.29) is 6.61 Å². The standard InChI is InChI=1S/C7H14NO3/c1-3-8-7(9)11-6-5-10-4-2/h2-6H2,1H3,(H,8,9). The topological polar surface area (TPSA) is 47.6 Å². The van der Waals surface area contributed by atoms with E-state index in [1.165, 1.54) is 0 Å². The lowest BCUT2D eigenvalue weighted by Gasteiger charge is -2.04. The molecule has 0 unspecified atom stereocenters. The third-order valence-corrected chi connectivity index (χ3v) is 0.926. The van der Waals surface area contributed by atoms with Crippen LogP contribution in [0.3, 0.4) is 0 Å². The van der Waals surface area contributed by atoms with Gasteiger partial charge in [-0.05, 0) is 13.8 Å². The van der Waals surface area contributed by atoms with Gasteiger partial charge in [0.1, 0.15) is 6.61 Å². The van der Waals surface area contributed by atoms with E-state index in [9.17, 15) is 4.79 Å². The summed E-state index contributed by atoms with van der Waals surface area (Å²) in [4.78, 5) is 10.6. The highest BCUT2D eigenvalue weighted by atomic mass is 16.6. The number of carbonyl (C=O) groups is 1. The molecule has 0 rings (SSSR count). The molecule has 0 aromatic rings. The van der Waals surface area contributed by atoms with Gasteiger partial charge in [0, 0.05) is 13.2 Å². The molecular weight excluding hydrogens is 146 g/mol. The van der Waals surface area contributed by atoms with Crippen LogP contribution in [0.1, 0.15) is 6.92 Å². The van der Waals surface area contributed by atoms with Crippen molar-refractivity contribution in [2.45, 2.75) is 6.92 Å². The van der Waals surface area contributed by atoms with Gasteiger partial charge in [-0.25, -0.2) is 4.79 Å². The van der Waals surface area contributed by atoms with Gasteiger partial charge >= 0.3 is 6.09 Å². The number of carbonyl (C=O) groups excluding carboxylic acids is 1. The van der Waals surface area contributed by atoms with Crippen molar-refractivity contribution >= 4 is 6.09 Å². The molecule has 0 fully saturated rings. The number of ether oxygens (including phenoxy) is 2. The molecule has 0 aromatic heterocycles. The molecule has 1 radical (unpaired) electrons. The van der Waals surface area contributed by atoms with Crippen LogP contribution in [0.25, 0.3) is 0 Å². The lowest BCUT2D eigenvalue weighted by molar-refractivity contribution is 0.0849.